The second kappa shape index (κ2) is 8.69. The van der Waals surface area contributed by atoms with E-state index in [1.807, 2.05) is 0 Å². The average molecular weight is 388 g/mol. The fraction of sp³-hybridized carbons (Fsp3) is 0.350. The number of carbonyl (C=O) groups is 2. The Balaban J connectivity index is 1.60. The van der Waals surface area contributed by atoms with E-state index in [2.05, 4.69) is 4.98 Å². The maximum absolute atomic E-state index is 12.9. The molecule has 1 fully saturated rings. The zero-order valence-corrected chi connectivity index (χ0v) is 15.4. The van der Waals surface area contributed by atoms with Crippen LogP contribution in [0.3, 0.4) is 0 Å². The quantitative estimate of drug-likeness (QED) is 0.793. The number of methoxy groups -OCH3 is 1. The maximum atomic E-state index is 12.9. The third kappa shape index (κ3) is 4.57. The number of esters is 1. The van der Waals surface area contributed by atoms with E-state index >= 15 is 0 Å². The van der Waals surface area contributed by atoms with Crippen LogP contribution < -0.4 is 10.2 Å². The molecule has 3 rings (SSSR count). The molecule has 2 heterocycles. The molecule has 0 aliphatic carbocycles. The molecule has 0 spiro atoms. The van der Waals surface area contributed by atoms with E-state index < -0.39 is 5.43 Å². The van der Waals surface area contributed by atoms with Crippen molar-refractivity contribution in [3.8, 4) is 5.75 Å². The number of H-pyrrole nitrogens is 1. The van der Waals surface area contributed by atoms with E-state index in [4.69, 9.17) is 9.47 Å². The fourth-order valence-corrected chi connectivity index (χ4v) is 3.09. The van der Waals surface area contributed by atoms with Gasteiger partial charge in [0.05, 0.1) is 13.0 Å². The number of carbonyl (C=O) groups excluding carboxylic acids is 2. The zero-order chi connectivity index (χ0) is 20.1. The van der Waals surface area contributed by atoms with Crippen LogP contribution in [0.15, 0.2) is 41.3 Å². The Morgan fingerprint density at radius 2 is 1.89 bits per heavy atom. The van der Waals surface area contributed by atoms with Crippen molar-refractivity contribution in [1.82, 2.24) is 9.88 Å². The van der Waals surface area contributed by atoms with Gasteiger partial charge in [0.1, 0.15) is 18.1 Å². The molecule has 1 amide bonds. The molecular formula is C20H21FN2O5. The molecule has 0 unspecified atom stereocenters. The van der Waals surface area contributed by atoms with E-state index in [0.717, 1.165) is 5.56 Å². The molecule has 0 bridgehead atoms. The number of hydrogen-bond acceptors (Lipinski definition) is 5. The van der Waals surface area contributed by atoms with Gasteiger partial charge in [-0.25, -0.2) is 4.39 Å². The zero-order valence-electron chi connectivity index (χ0n) is 15.4. The molecule has 1 N–H and O–H groups in total. The predicted molar refractivity (Wildman–Crippen MR) is 98.4 cm³/mol. The van der Waals surface area contributed by atoms with Crippen molar-refractivity contribution in [2.24, 2.45) is 5.92 Å². The van der Waals surface area contributed by atoms with Crippen LogP contribution >= 0.6 is 0 Å². The van der Waals surface area contributed by atoms with Crippen LogP contribution in [0.1, 0.15) is 28.9 Å². The molecule has 0 radical (unpaired) electrons. The summed E-state index contributed by atoms with van der Waals surface area (Å²) in [6.45, 7) is 0.949. The highest BCUT2D eigenvalue weighted by Gasteiger charge is 2.28. The topological polar surface area (TPSA) is 88.7 Å². The highest BCUT2D eigenvalue weighted by Crippen LogP contribution is 2.20. The molecule has 0 atom stereocenters. The van der Waals surface area contributed by atoms with Gasteiger partial charge < -0.3 is 19.4 Å². The molecule has 1 aromatic carbocycles. The second-order valence-corrected chi connectivity index (χ2v) is 6.58. The number of aromatic nitrogens is 1. The van der Waals surface area contributed by atoms with Crippen LogP contribution in [-0.4, -0.2) is 42.0 Å². The first-order valence-electron chi connectivity index (χ1n) is 8.95. The number of amides is 1. The van der Waals surface area contributed by atoms with E-state index in [-0.39, 0.29) is 41.7 Å². The third-order valence-corrected chi connectivity index (χ3v) is 4.73. The lowest BCUT2D eigenvalue weighted by molar-refractivity contribution is -0.146. The highest BCUT2D eigenvalue weighted by molar-refractivity contribution is 5.92. The summed E-state index contributed by atoms with van der Waals surface area (Å²) in [7, 11) is 1.35. The Hall–Kier alpha value is -3.16. The number of rotatable bonds is 5. The van der Waals surface area contributed by atoms with E-state index in [1.54, 1.807) is 17.0 Å². The largest absolute Gasteiger partial charge is 0.483 e. The van der Waals surface area contributed by atoms with E-state index in [1.165, 1.54) is 31.5 Å². The van der Waals surface area contributed by atoms with Crippen molar-refractivity contribution in [2.45, 2.75) is 19.4 Å². The van der Waals surface area contributed by atoms with E-state index in [9.17, 15) is 18.8 Å². The first kappa shape index (κ1) is 19.6. The summed E-state index contributed by atoms with van der Waals surface area (Å²) in [6, 6.07) is 6.97. The molecule has 2 aromatic rings. The molecule has 28 heavy (non-hydrogen) atoms. The molecule has 148 valence electrons. The number of hydrogen-bond donors (Lipinski definition) is 1. The minimum atomic E-state index is -0.423. The Morgan fingerprint density at radius 1 is 1.21 bits per heavy atom. The summed E-state index contributed by atoms with van der Waals surface area (Å²) in [5, 5.41) is 0. The van der Waals surface area contributed by atoms with Gasteiger partial charge in [-0.05, 0) is 30.5 Å². The molecule has 8 heteroatoms. The van der Waals surface area contributed by atoms with Gasteiger partial charge in [-0.1, -0.05) is 12.1 Å². The van der Waals surface area contributed by atoms with Gasteiger partial charge in [-0.2, -0.15) is 0 Å². The van der Waals surface area contributed by atoms with Gasteiger partial charge in [0.15, 0.2) is 5.75 Å². The smallest absolute Gasteiger partial charge is 0.308 e. The Kier molecular flexibility index (Phi) is 6.08. The summed E-state index contributed by atoms with van der Waals surface area (Å²) < 4.78 is 23.1. The van der Waals surface area contributed by atoms with Crippen molar-refractivity contribution < 1.29 is 23.5 Å². The van der Waals surface area contributed by atoms with Gasteiger partial charge >= 0.3 is 5.97 Å². The van der Waals surface area contributed by atoms with Crippen LogP contribution in [0, 0.1) is 11.7 Å². The lowest BCUT2D eigenvalue weighted by Gasteiger charge is -2.30. The number of benzene rings is 1. The normalized spacial score (nSPS) is 14.6. The lowest BCUT2D eigenvalue weighted by Crippen LogP contribution is -2.41. The minimum Gasteiger partial charge on any atom is -0.483 e. The lowest BCUT2D eigenvalue weighted by atomic mass is 9.97. The number of pyridine rings is 1. The highest BCUT2D eigenvalue weighted by atomic mass is 19.1. The Labute approximate surface area is 161 Å². The van der Waals surface area contributed by atoms with Crippen LogP contribution in [0.25, 0.3) is 0 Å². The number of nitrogens with one attached hydrogen (secondary N) is 1. The summed E-state index contributed by atoms with van der Waals surface area (Å²) >= 11 is 0. The minimum absolute atomic E-state index is 0.0743. The summed E-state index contributed by atoms with van der Waals surface area (Å²) in [6.07, 6.45) is 2.41. The number of likely N-dealkylation sites (tertiary alicyclic amines) is 1. The number of nitrogens with zero attached hydrogens (tertiary/aromatic N) is 1. The van der Waals surface area contributed by atoms with Crippen LogP contribution in [-0.2, 0) is 16.1 Å². The van der Waals surface area contributed by atoms with E-state index in [0.29, 0.717) is 25.9 Å². The number of ether oxygens (including phenoxy) is 2. The SMILES string of the molecule is COC(=O)C1CCN(C(=O)c2cc(=O)c(OCc3ccc(F)cc3)c[nH]2)CC1. The number of aromatic amines is 1. The first-order chi connectivity index (χ1) is 13.5. The molecular weight excluding hydrogens is 367 g/mol. The van der Waals surface area contributed by atoms with Crippen molar-refractivity contribution in [1.29, 1.82) is 0 Å². The van der Waals surface area contributed by atoms with Gasteiger partial charge in [0, 0.05) is 25.4 Å². The van der Waals surface area contributed by atoms with Crippen molar-refractivity contribution in [3.05, 3.63) is 63.8 Å². The molecule has 1 saturated heterocycles. The van der Waals surface area contributed by atoms with Crippen LogP contribution in [0.2, 0.25) is 0 Å². The molecule has 1 aromatic heterocycles. The summed E-state index contributed by atoms with van der Waals surface area (Å²) in [5.74, 6) is -1.03. The van der Waals surface area contributed by atoms with Gasteiger partial charge in [0.25, 0.3) is 5.91 Å². The maximum Gasteiger partial charge on any atom is 0.308 e. The Bertz CT molecular complexity index is 902. The molecule has 0 saturated carbocycles. The number of halogens is 1. The first-order valence-corrected chi connectivity index (χ1v) is 8.95. The monoisotopic (exact) mass is 388 g/mol. The third-order valence-electron chi connectivity index (χ3n) is 4.73. The standard InChI is InChI=1S/C20H21FN2O5/c1-27-20(26)14-6-8-23(9-7-14)19(25)16-10-17(24)18(11-22-16)28-12-13-2-4-15(21)5-3-13/h2-5,10-11,14H,6-9,12H2,1H3,(H,22,24). The van der Waals surface area contributed by atoms with Gasteiger partial charge in [0.2, 0.25) is 5.43 Å². The summed E-state index contributed by atoms with van der Waals surface area (Å²) in [5.41, 5.74) is 0.457. The second-order valence-electron chi connectivity index (χ2n) is 6.58. The molecule has 1 aliphatic heterocycles. The van der Waals surface area contributed by atoms with Crippen molar-refractivity contribution in [2.75, 3.05) is 20.2 Å². The predicted octanol–water partition coefficient (Wildman–Crippen LogP) is 2.12. The fourth-order valence-electron chi connectivity index (χ4n) is 3.09. The van der Waals surface area contributed by atoms with Crippen LogP contribution in [0.5, 0.6) is 5.75 Å². The molecule has 7 nitrogen and oxygen atoms in total. The average Bonchev–Trinajstić information content (AvgIpc) is 2.73. The van der Waals surface area contributed by atoms with Gasteiger partial charge in [-0.3, -0.25) is 14.4 Å². The van der Waals surface area contributed by atoms with Crippen LogP contribution in [0.4, 0.5) is 4.39 Å². The molecule has 1 aliphatic rings. The van der Waals surface area contributed by atoms with Gasteiger partial charge in [-0.15, -0.1) is 0 Å². The Morgan fingerprint density at radius 3 is 2.50 bits per heavy atom. The van der Waals surface area contributed by atoms with Crippen molar-refractivity contribution >= 4 is 11.9 Å². The summed E-state index contributed by atoms with van der Waals surface area (Å²) in [4.78, 5) is 40.8. The number of piperidine rings is 1. The van der Waals surface area contributed by atoms with Crippen molar-refractivity contribution in [3.63, 3.8) is 0 Å².